The Morgan fingerprint density at radius 2 is 1.63 bits per heavy atom. The third-order valence-electron chi connectivity index (χ3n) is 5.15. The molecule has 3 aromatic carbocycles. The van der Waals surface area contributed by atoms with E-state index in [1.54, 1.807) is 18.3 Å². The molecule has 0 radical (unpaired) electrons. The van der Waals surface area contributed by atoms with Gasteiger partial charge in [0.1, 0.15) is 0 Å². The average molecular weight is 597 g/mol. The van der Waals surface area contributed by atoms with Gasteiger partial charge in [-0.2, -0.15) is 0 Å². The number of pyridine rings is 1. The molecule has 0 saturated carbocycles. The van der Waals surface area contributed by atoms with E-state index >= 15 is 0 Å². The smallest absolute Gasteiger partial charge is 0.257 e. The van der Waals surface area contributed by atoms with Crippen LogP contribution in [-0.2, 0) is 0 Å². The molecule has 0 spiro atoms. The van der Waals surface area contributed by atoms with Crippen LogP contribution < -0.4 is 16.0 Å². The van der Waals surface area contributed by atoms with Gasteiger partial charge in [-0.05, 0) is 83.3 Å². The van der Waals surface area contributed by atoms with Crippen LogP contribution in [0.1, 0.15) is 20.7 Å². The maximum atomic E-state index is 12.9. The normalized spacial score (nSPS) is 10.5. The second-order valence-electron chi connectivity index (χ2n) is 7.61. The number of carbonyl (C=O) groups is 2. The van der Waals surface area contributed by atoms with Gasteiger partial charge in [-0.15, -0.1) is 0 Å². The quantitative estimate of drug-likeness (QED) is 0.170. The fraction of sp³-hybridized carbons (Fsp3) is 0.0741. The summed E-state index contributed by atoms with van der Waals surface area (Å²) >= 11 is 8.60. The zero-order valence-corrected chi connectivity index (χ0v) is 21.5. The molecule has 6 nitrogen and oxygen atoms in total. The van der Waals surface area contributed by atoms with E-state index in [0.29, 0.717) is 24.3 Å². The molecular formula is C27H22ClIN4O2. The molecule has 0 aliphatic heterocycles. The van der Waals surface area contributed by atoms with Crippen molar-refractivity contribution in [1.82, 2.24) is 10.3 Å². The van der Waals surface area contributed by atoms with Gasteiger partial charge >= 0.3 is 0 Å². The van der Waals surface area contributed by atoms with Gasteiger partial charge in [-0.1, -0.05) is 35.9 Å². The van der Waals surface area contributed by atoms with Gasteiger partial charge in [0.15, 0.2) is 0 Å². The van der Waals surface area contributed by atoms with Crippen molar-refractivity contribution in [1.29, 1.82) is 0 Å². The van der Waals surface area contributed by atoms with Gasteiger partial charge in [0.05, 0.1) is 16.3 Å². The molecule has 8 heteroatoms. The Morgan fingerprint density at radius 1 is 0.829 bits per heavy atom. The molecule has 0 fully saturated rings. The Labute approximate surface area is 222 Å². The second kappa shape index (κ2) is 11.8. The molecule has 4 rings (SSSR count). The Hall–Kier alpha value is -3.43. The van der Waals surface area contributed by atoms with Gasteiger partial charge in [0, 0.05) is 45.4 Å². The molecular weight excluding hydrogens is 575 g/mol. The van der Waals surface area contributed by atoms with Crippen LogP contribution >= 0.6 is 34.2 Å². The number of anilines is 2. The summed E-state index contributed by atoms with van der Waals surface area (Å²) in [4.78, 5) is 29.7. The lowest BCUT2D eigenvalue weighted by molar-refractivity contribution is 0.0953. The first-order chi connectivity index (χ1) is 17.0. The van der Waals surface area contributed by atoms with Crippen molar-refractivity contribution in [3.63, 3.8) is 0 Å². The number of benzene rings is 3. The summed E-state index contributed by atoms with van der Waals surface area (Å²) in [5.74, 6) is -0.617. The van der Waals surface area contributed by atoms with E-state index in [-0.39, 0.29) is 22.4 Å². The number of para-hydroxylation sites is 1. The summed E-state index contributed by atoms with van der Waals surface area (Å²) < 4.78 is 1.02. The van der Waals surface area contributed by atoms with Crippen LogP contribution in [0.2, 0.25) is 5.02 Å². The summed E-state index contributed by atoms with van der Waals surface area (Å²) in [6.45, 7) is 1.03. The van der Waals surface area contributed by atoms with E-state index in [4.69, 9.17) is 11.6 Å². The molecule has 0 aliphatic carbocycles. The number of amides is 2. The largest absolute Gasteiger partial charge is 0.383 e. The first-order valence-corrected chi connectivity index (χ1v) is 12.4. The van der Waals surface area contributed by atoms with Crippen molar-refractivity contribution in [3.8, 4) is 11.3 Å². The van der Waals surface area contributed by atoms with Crippen LogP contribution in [0.4, 0.5) is 11.4 Å². The number of hydrogen-bond donors (Lipinski definition) is 3. The number of nitrogens with one attached hydrogen (secondary N) is 3. The summed E-state index contributed by atoms with van der Waals surface area (Å²) in [6.07, 6.45) is 1.73. The van der Waals surface area contributed by atoms with Crippen LogP contribution in [-0.4, -0.2) is 29.9 Å². The van der Waals surface area contributed by atoms with E-state index in [2.05, 4.69) is 43.5 Å². The molecule has 4 aromatic rings. The van der Waals surface area contributed by atoms with Gasteiger partial charge < -0.3 is 16.0 Å². The van der Waals surface area contributed by atoms with Gasteiger partial charge in [-0.3, -0.25) is 14.6 Å². The van der Waals surface area contributed by atoms with Crippen molar-refractivity contribution in [2.24, 2.45) is 0 Å². The molecule has 0 unspecified atom stereocenters. The average Bonchev–Trinajstić information content (AvgIpc) is 2.88. The first-order valence-electron chi connectivity index (χ1n) is 10.9. The predicted octanol–water partition coefficient (Wildman–Crippen LogP) is 6.10. The van der Waals surface area contributed by atoms with Crippen LogP contribution in [0.5, 0.6) is 0 Å². The fourth-order valence-corrected chi connectivity index (χ4v) is 4.28. The van der Waals surface area contributed by atoms with E-state index in [9.17, 15) is 9.59 Å². The van der Waals surface area contributed by atoms with Gasteiger partial charge in [-0.25, -0.2) is 0 Å². The van der Waals surface area contributed by atoms with Crippen LogP contribution in [0, 0.1) is 3.57 Å². The van der Waals surface area contributed by atoms with E-state index in [0.717, 1.165) is 20.5 Å². The number of rotatable bonds is 8. The van der Waals surface area contributed by atoms with Crippen LogP contribution in [0.25, 0.3) is 11.3 Å². The minimum absolute atomic E-state index is 0.202. The summed E-state index contributed by atoms with van der Waals surface area (Å²) in [6, 6.07) is 25.7. The highest BCUT2D eigenvalue weighted by molar-refractivity contribution is 14.1. The maximum absolute atomic E-state index is 12.9. The van der Waals surface area contributed by atoms with Crippen molar-refractivity contribution >= 4 is 57.4 Å². The second-order valence-corrected chi connectivity index (χ2v) is 9.18. The van der Waals surface area contributed by atoms with Gasteiger partial charge in [0.2, 0.25) is 0 Å². The highest BCUT2D eigenvalue weighted by Crippen LogP contribution is 2.27. The predicted molar refractivity (Wildman–Crippen MR) is 149 cm³/mol. The zero-order chi connectivity index (χ0) is 24.6. The van der Waals surface area contributed by atoms with Crippen molar-refractivity contribution < 1.29 is 9.59 Å². The molecule has 1 heterocycles. The lowest BCUT2D eigenvalue weighted by atomic mass is 10.1. The topological polar surface area (TPSA) is 83.1 Å². The Kier molecular flexibility index (Phi) is 8.33. The monoisotopic (exact) mass is 596 g/mol. The third kappa shape index (κ3) is 6.58. The van der Waals surface area contributed by atoms with Crippen molar-refractivity contribution in [2.45, 2.75) is 0 Å². The fourth-order valence-electron chi connectivity index (χ4n) is 3.40. The molecule has 2 amide bonds. The minimum Gasteiger partial charge on any atom is -0.383 e. The Bertz CT molecular complexity index is 1330. The number of carbonyl (C=O) groups excluding carboxylic acids is 2. The van der Waals surface area contributed by atoms with E-state index in [1.165, 1.54) is 6.07 Å². The maximum Gasteiger partial charge on any atom is 0.257 e. The molecule has 3 N–H and O–H groups in total. The Balaban J connectivity index is 1.37. The SMILES string of the molecule is O=C(NCCNc1ccccc1)c1ccc(C(=O)Nc2ccc(I)c(-c3ccccn3)c2)c(Cl)c1. The summed E-state index contributed by atoms with van der Waals surface area (Å²) in [5, 5.41) is 9.16. The highest BCUT2D eigenvalue weighted by atomic mass is 127. The number of aromatic nitrogens is 1. The lowest BCUT2D eigenvalue weighted by Crippen LogP contribution is -2.28. The van der Waals surface area contributed by atoms with Crippen molar-refractivity contribution in [3.05, 3.63) is 111 Å². The van der Waals surface area contributed by atoms with Crippen molar-refractivity contribution in [2.75, 3.05) is 23.7 Å². The lowest BCUT2D eigenvalue weighted by Gasteiger charge is -2.11. The molecule has 176 valence electrons. The summed E-state index contributed by atoms with van der Waals surface area (Å²) in [5.41, 5.74) is 4.02. The molecule has 0 aliphatic rings. The number of nitrogens with zero attached hydrogens (tertiary/aromatic N) is 1. The molecule has 0 bridgehead atoms. The number of halogens is 2. The standard InChI is InChI=1S/C27H22ClIN4O2/c28-23-16-18(26(34)32-15-14-30-19-6-2-1-3-7-19)9-11-21(23)27(35)33-20-10-12-24(29)22(17-20)25-8-4-5-13-31-25/h1-13,16-17,30H,14-15H2,(H,32,34)(H,33,35). The molecule has 0 atom stereocenters. The summed E-state index contributed by atoms with van der Waals surface area (Å²) in [7, 11) is 0. The van der Waals surface area contributed by atoms with Crippen LogP contribution in [0.15, 0.2) is 91.1 Å². The third-order valence-corrected chi connectivity index (χ3v) is 6.41. The minimum atomic E-state index is -0.359. The van der Waals surface area contributed by atoms with Crippen LogP contribution in [0.3, 0.4) is 0 Å². The van der Waals surface area contributed by atoms with Gasteiger partial charge in [0.25, 0.3) is 11.8 Å². The van der Waals surface area contributed by atoms with E-state index in [1.807, 2.05) is 66.7 Å². The zero-order valence-electron chi connectivity index (χ0n) is 18.6. The Morgan fingerprint density at radius 3 is 2.37 bits per heavy atom. The van der Waals surface area contributed by atoms with E-state index < -0.39 is 0 Å². The molecule has 0 saturated heterocycles. The number of hydrogen-bond acceptors (Lipinski definition) is 4. The molecule has 1 aromatic heterocycles. The molecule has 35 heavy (non-hydrogen) atoms. The highest BCUT2D eigenvalue weighted by Gasteiger charge is 2.15. The first kappa shape index (κ1) is 24.7.